The van der Waals surface area contributed by atoms with Gasteiger partial charge in [-0.3, -0.25) is 14.5 Å². The van der Waals surface area contributed by atoms with E-state index in [9.17, 15) is 18.8 Å². The predicted molar refractivity (Wildman–Crippen MR) is 136 cm³/mol. The number of nitrogens with one attached hydrogen (secondary N) is 2. The SMILES string of the molecule is C=Cc1nnc([N+]([O-])(NO)[C@@H](Cc2ccc(NS(=O)(=O)O)cc2)c2csc(-c3ccccc3)n2)s1. The first kappa shape index (κ1) is 25.0. The Morgan fingerprint density at radius 3 is 2.46 bits per heavy atom. The Morgan fingerprint density at radius 1 is 1.14 bits per heavy atom. The van der Waals surface area contributed by atoms with Gasteiger partial charge in [0.1, 0.15) is 15.7 Å². The third kappa shape index (κ3) is 5.77. The summed E-state index contributed by atoms with van der Waals surface area (Å²) in [6, 6.07) is 14.6. The average molecular weight is 533 g/mol. The Morgan fingerprint density at radius 2 is 1.86 bits per heavy atom. The van der Waals surface area contributed by atoms with E-state index in [1.807, 2.05) is 40.6 Å². The van der Waals surface area contributed by atoms with Crippen LogP contribution in [0.1, 0.15) is 22.3 Å². The van der Waals surface area contributed by atoms with Gasteiger partial charge in [0, 0.05) is 17.4 Å². The topological polar surface area (TPSA) is 160 Å². The van der Waals surface area contributed by atoms with Crippen molar-refractivity contribution < 1.29 is 18.2 Å². The second-order valence-electron chi connectivity index (χ2n) is 7.32. The fraction of sp³-hybridized carbons (Fsp3) is 0.0952. The van der Waals surface area contributed by atoms with Crippen LogP contribution < -0.4 is 15.1 Å². The van der Waals surface area contributed by atoms with Gasteiger partial charge >= 0.3 is 15.4 Å². The van der Waals surface area contributed by atoms with Gasteiger partial charge in [0.05, 0.1) is 5.69 Å². The number of rotatable bonds is 10. The lowest BCUT2D eigenvalue weighted by Crippen LogP contribution is -2.56. The van der Waals surface area contributed by atoms with Gasteiger partial charge in [-0.25, -0.2) is 4.98 Å². The Labute approximate surface area is 209 Å². The summed E-state index contributed by atoms with van der Waals surface area (Å²) in [5.41, 5.74) is 3.93. The highest BCUT2D eigenvalue weighted by atomic mass is 32.2. The molecule has 0 aliphatic heterocycles. The highest BCUT2D eigenvalue weighted by Gasteiger charge is 2.39. The summed E-state index contributed by atoms with van der Waals surface area (Å²) in [6.45, 7) is 3.63. The van der Waals surface area contributed by atoms with E-state index in [2.05, 4.69) is 21.8 Å². The predicted octanol–water partition coefficient (Wildman–Crippen LogP) is 4.20. The molecule has 2 aromatic carbocycles. The molecule has 0 bridgehead atoms. The maximum atomic E-state index is 14.0. The van der Waals surface area contributed by atoms with Gasteiger partial charge in [-0.1, -0.05) is 54.1 Å². The van der Waals surface area contributed by atoms with Gasteiger partial charge in [0.25, 0.3) is 0 Å². The minimum absolute atomic E-state index is 0.0497. The summed E-state index contributed by atoms with van der Waals surface area (Å²) in [5.74, 6) is 0. The zero-order chi connectivity index (χ0) is 25.1. The molecule has 4 aromatic rings. The number of thiazole rings is 1. The second kappa shape index (κ2) is 10.3. The van der Waals surface area contributed by atoms with E-state index >= 15 is 0 Å². The van der Waals surface area contributed by atoms with Crippen molar-refractivity contribution in [1.29, 1.82) is 0 Å². The number of hydrogen-bond donors (Lipinski definition) is 4. The molecule has 0 radical (unpaired) electrons. The lowest BCUT2D eigenvalue weighted by atomic mass is 10.0. The first-order valence-corrected chi connectivity index (χ1v) is 13.2. The van der Waals surface area contributed by atoms with Crippen molar-refractivity contribution in [2.24, 2.45) is 0 Å². The molecular formula is C21H20N6O5S3. The molecule has 0 aliphatic rings. The summed E-state index contributed by atoms with van der Waals surface area (Å²) in [6.07, 6.45) is 1.55. The molecule has 14 heteroatoms. The Balaban J connectivity index is 1.73. The van der Waals surface area contributed by atoms with Gasteiger partial charge < -0.3 is 5.21 Å². The molecule has 35 heavy (non-hydrogen) atoms. The van der Waals surface area contributed by atoms with Crippen LogP contribution in [-0.2, 0) is 16.7 Å². The van der Waals surface area contributed by atoms with E-state index in [1.54, 1.807) is 17.5 Å². The molecule has 2 atom stereocenters. The normalized spacial score (nSPS) is 14.3. The second-order valence-corrected chi connectivity index (χ2v) is 10.3. The van der Waals surface area contributed by atoms with E-state index < -0.39 is 21.1 Å². The van der Waals surface area contributed by atoms with Crippen LogP contribution in [0.15, 0.2) is 66.6 Å². The molecule has 2 heterocycles. The van der Waals surface area contributed by atoms with Crippen LogP contribution in [0.5, 0.6) is 0 Å². The Kier molecular flexibility index (Phi) is 7.34. The van der Waals surface area contributed by atoms with Crippen LogP contribution >= 0.6 is 22.7 Å². The van der Waals surface area contributed by atoms with Crippen molar-refractivity contribution in [3.63, 3.8) is 0 Å². The Hall–Kier alpha value is -3.08. The van der Waals surface area contributed by atoms with Crippen LogP contribution in [0, 0.1) is 5.21 Å². The third-order valence-electron chi connectivity index (χ3n) is 4.99. The highest BCUT2D eigenvalue weighted by molar-refractivity contribution is 7.87. The maximum Gasteiger partial charge on any atom is 0.357 e. The summed E-state index contributed by atoms with van der Waals surface area (Å²) in [5, 5.41) is 34.7. The average Bonchev–Trinajstić information content (AvgIpc) is 3.53. The van der Waals surface area contributed by atoms with Crippen LogP contribution in [0.4, 0.5) is 10.8 Å². The number of aromatic nitrogens is 3. The van der Waals surface area contributed by atoms with Crippen LogP contribution in [-0.4, -0.2) is 33.4 Å². The standard InChI is InChI=1S/C21H20N6O5S3/c1-2-19-23-24-21(34-19)27(29,26-28)18(12-14-8-10-16(11-9-14)25-35(30,31)32)17-13-33-20(22-17)15-6-4-3-5-7-15/h2-11,13,18,25-26,28H,1,12H2,(H,30,31,32)/t18-,27?/m0/s1. The smallest absolute Gasteiger partial charge is 0.357 e. The highest BCUT2D eigenvalue weighted by Crippen LogP contribution is 2.38. The lowest BCUT2D eigenvalue weighted by Gasteiger charge is -2.41. The first-order valence-electron chi connectivity index (χ1n) is 10.0. The summed E-state index contributed by atoms with van der Waals surface area (Å²) < 4.78 is 31.6. The molecule has 4 rings (SSSR count). The molecule has 182 valence electrons. The minimum atomic E-state index is -4.42. The van der Waals surface area contributed by atoms with Crippen LogP contribution in [0.2, 0.25) is 0 Å². The van der Waals surface area contributed by atoms with Gasteiger partial charge in [-0.05, 0) is 40.7 Å². The van der Waals surface area contributed by atoms with E-state index in [1.165, 1.54) is 29.5 Å². The third-order valence-corrected chi connectivity index (χ3v) is 7.39. The summed E-state index contributed by atoms with van der Waals surface area (Å²) in [4.78, 5) is 4.67. The van der Waals surface area contributed by atoms with E-state index in [0.29, 0.717) is 21.3 Å². The van der Waals surface area contributed by atoms with E-state index in [0.717, 1.165) is 16.9 Å². The fourth-order valence-corrected chi connectivity index (χ4v) is 5.39. The largest absolute Gasteiger partial charge is 0.602 e. The molecular weight excluding hydrogens is 512 g/mol. The van der Waals surface area contributed by atoms with Crippen LogP contribution in [0.3, 0.4) is 0 Å². The van der Waals surface area contributed by atoms with E-state index in [-0.39, 0.29) is 17.2 Å². The molecule has 2 aromatic heterocycles. The molecule has 0 saturated carbocycles. The molecule has 1 unspecified atom stereocenters. The molecule has 0 amide bonds. The lowest BCUT2D eigenvalue weighted by molar-refractivity contribution is -0.00929. The van der Waals surface area contributed by atoms with Crippen molar-refractivity contribution in [2.75, 3.05) is 4.72 Å². The van der Waals surface area contributed by atoms with Gasteiger partial charge in [0.2, 0.25) is 0 Å². The molecule has 4 N–H and O–H groups in total. The maximum absolute atomic E-state index is 14.0. The van der Waals surface area contributed by atoms with Crippen LogP contribution in [0.25, 0.3) is 16.6 Å². The fourth-order valence-electron chi connectivity index (χ4n) is 3.34. The quantitative estimate of drug-likeness (QED) is 0.133. The monoisotopic (exact) mass is 532 g/mol. The number of benzene rings is 2. The number of hydrogen-bond acceptors (Lipinski definition) is 10. The first-order chi connectivity index (χ1) is 16.7. The zero-order valence-corrected chi connectivity index (χ0v) is 20.4. The van der Waals surface area contributed by atoms with E-state index in [4.69, 9.17) is 4.55 Å². The molecule has 0 aliphatic carbocycles. The molecule has 0 fully saturated rings. The van der Waals surface area contributed by atoms with Crippen molar-refractivity contribution >= 4 is 49.9 Å². The van der Waals surface area contributed by atoms with Gasteiger partial charge in [-0.15, -0.1) is 16.4 Å². The van der Waals surface area contributed by atoms with Crippen molar-refractivity contribution in [2.45, 2.75) is 12.5 Å². The number of hydroxylamine groups is 1. The molecule has 0 spiro atoms. The Bertz CT molecular complexity index is 1410. The van der Waals surface area contributed by atoms with Crippen molar-refractivity contribution in [3.8, 4) is 10.6 Å². The number of nitrogens with zero attached hydrogens (tertiary/aromatic N) is 4. The zero-order valence-electron chi connectivity index (χ0n) is 18.0. The minimum Gasteiger partial charge on any atom is -0.602 e. The molecule has 0 saturated heterocycles. The van der Waals surface area contributed by atoms with Gasteiger partial charge in [-0.2, -0.15) is 13.2 Å². The van der Waals surface area contributed by atoms with Crippen molar-refractivity contribution in [3.05, 3.63) is 88.0 Å². The summed E-state index contributed by atoms with van der Waals surface area (Å²) >= 11 is 2.34. The number of anilines is 1. The van der Waals surface area contributed by atoms with Crippen molar-refractivity contribution in [1.82, 2.24) is 25.5 Å². The number of quaternary nitrogens is 1. The molecule has 11 nitrogen and oxygen atoms in total. The van der Waals surface area contributed by atoms with Gasteiger partial charge in [0.15, 0.2) is 6.04 Å². The summed E-state index contributed by atoms with van der Waals surface area (Å²) in [7, 11) is -4.42.